The molecule has 3 aliphatic rings. The van der Waals surface area contributed by atoms with Gasteiger partial charge in [-0.1, -0.05) is 13.8 Å². The van der Waals surface area contributed by atoms with Gasteiger partial charge in [-0.3, -0.25) is 4.99 Å². The predicted octanol–water partition coefficient (Wildman–Crippen LogP) is 2.04. The van der Waals surface area contributed by atoms with Crippen LogP contribution < -0.4 is 5.32 Å². The molecule has 2 saturated heterocycles. The van der Waals surface area contributed by atoms with E-state index in [0.717, 1.165) is 25.5 Å². The summed E-state index contributed by atoms with van der Waals surface area (Å²) in [7, 11) is -2.80. The smallest absolute Gasteiger partial charge is 0.194 e. The second kappa shape index (κ2) is 6.61. The molecule has 5 nitrogen and oxygen atoms in total. The van der Waals surface area contributed by atoms with E-state index in [0.29, 0.717) is 29.5 Å². The molecule has 0 spiro atoms. The molecule has 0 aromatic rings. The maximum atomic E-state index is 11.6. The molecule has 3 rings (SSSR count). The molecule has 0 aromatic carbocycles. The van der Waals surface area contributed by atoms with Crippen LogP contribution >= 0.6 is 0 Å². The first-order valence-electron chi connectivity index (χ1n) is 9.21. The van der Waals surface area contributed by atoms with E-state index in [2.05, 4.69) is 24.1 Å². The van der Waals surface area contributed by atoms with Gasteiger partial charge >= 0.3 is 0 Å². The lowest BCUT2D eigenvalue weighted by Crippen LogP contribution is -2.42. The summed E-state index contributed by atoms with van der Waals surface area (Å²) in [5.74, 6) is 1.90. The van der Waals surface area contributed by atoms with Crippen LogP contribution in [-0.4, -0.2) is 56.5 Å². The minimum atomic E-state index is -2.80. The average molecular weight is 342 g/mol. The number of hydrogen-bond donors (Lipinski definition) is 1. The summed E-state index contributed by atoms with van der Waals surface area (Å²) < 4.78 is 23.2. The zero-order valence-corrected chi connectivity index (χ0v) is 15.4. The van der Waals surface area contributed by atoms with Gasteiger partial charge in [0.1, 0.15) is 0 Å². The molecule has 0 amide bonds. The van der Waals surface area contributed by atoms with E-state index in [1.807, 2.05) is 0 Å². The van der Waals surface area contributed by atoms with Crippen molar-refractivity contribution in [3.63, 3.8) is 0 Å². The minimum absolute atomic E-state index is 0.209. The first-order chi connectivity index (χ1) is 11.0. The first-order valence-corrected chi connectivity index (χ1v) is 11.0. The number of nitrogens with zero attached hydrogens (tertiary/aromatic N) is 2. The standard InChI is InChI=1S/C17H31N3O2S/c1-3-17(4-2)8-9-20(13-17)16(19-15-5-6-15)18-11-14-7-10-23(21,22)12-14/h14-15H,3-13H2,1-2H3,(H,18,19). The molecule has 2 heterocycles. The van der Waals surface area contributed by atoms with Gasteiger partial charge in [-0.15, -0.1) is 0 Å². The van der Waals surface area contributed by atoms with E-state index in [9.17, 15) is 8.42 Å². The number of rotatable bonds is 5. The van der Waals surface area contributed by atoms with Crippen LogP contribution in [0.5, 0.6) is 0 Å². The lowest BCUT2D eigenvalue weighted by Gasteiger charge is -2.28. The highest BCUT2D eigenvalue weighted by Crippen LogP contribution is 2.37. The summed E-state index contributed by atoms with van der Waals surface area (Å²) >= 11 is 0. The Morgan fingerprint density at radius 2 is 2.00 bits per heavy atom. The number of likely N-dealkylation sites (tertiary alicyclic amines) is 1. The topological polar surface area (TPSA) is 61.8 Å². The molecule has 6 heteroatoms. The van der Waals surface area contributed by atoms with Crippen molar-refractivity contribution >= 4 is 15.8 Å². The van der Waals surface area contributed by atoms with Crippen molar-refractivity contribution in [2.45, 2.75) is 58.4 Å². The molecule has 1 aliphatic carbocycles. The first kappa shape index (κ1) is 17.1. The SMILES string of the molecule is CCC1(CC)CCN(C(=NCC2CCS(=O)(=O)C2)NC2CC2)C1. The van der Waals surface area contributed by atoms with Crippen LogP contribution in [0.15, 0.2) is 4.99 Å². The summed E-state index contributed by atoms with van der Waals surface area (Å²) in [6.45, 7) is 7.39. The molecule has 0 radical (unpaired) electrons. The number of guanidine groups is 1. The summed E-state index contributed by atoms with van der Waals surface area (Å²) in [6.07, 6.45) is 6.92. The largest absolute Gasteiger partial charge is 0.354 e. The van der Waals surface area contributed by atoms with Crippen LogP contribution in [0.25, 0.3) is 0 Å². The minimum Gasteiger partial charge on any atom is -0.354 e. The lowest BCUT2D eigenvalue weighted by atomic mass is 9.82. The van der Waals surface area contributed by atoms with Gasteiger partial charge in [0.05, 0.1) is 11.5 Å². The predicted molar refractivity (Wildman–Crippen MR) is 94.4 cm³/mol. The van der Waals surface area contributed by atoms with Gasteiger partial charge in [-0.25, -0.2) is 8.42 Å². The highest BCUT2D eigenvalue weighted by Gasteiger charge is 2.37. The maximum Gasteiger partial charge on any atom is 0.194 e. The zero-order chi connectivity index (χ0) is 16.5. The Hall–Kier alpha value is -0.780. The van der Waals surface area contributed by atoms with Gasteiger partial charge in [-0.2, -0.15) is 0 Å². The zero-order valence-electron chi connectivity index (χ0n) is 14.6. The van der Waals surface area contributed by atoms with Gasteiger partial charge in [0.25, 0.3) is 0 Å². The van der Waals surface area contributed by atoms with Crippen molar-refractivity contribution in [3.8, 4) is 0 Å². The molecule has 1 atom stereocenters. The van der Waals surface area contributed by atoms with Gasteiger partial charge in [-0.05, 0) is 49.9 Å². The Morgan fingerprint density at radius 1 is 1.26 bits per heavy atom. The third-order valence-corrected chi connectivity index (χ3v) is 7.81. The molecule has 0 bridgehead atoms. The van der Waals surface area contributed by atoms with Crippen LogP contribution in [0.2, 0.25) is 0 Å². The fraction of sp³-hybridized carbons (Fsp3) is 0.941. The molecule has 2 aliphatic heterocycles. The maximum absolute atomic E-state index is 11.6. The molecule has 132 valence electrons. The van der Waals surface area contributed by atoms with Gasteiger partial charge < -0.3 is 10.2 Å². The monoisotopic (exact) mass is 341 g/mol. The van der Waals surface area contributed by atoms with Gasteiger partial charge in [0, 0.05) is 25.7 Å². The second-order valence-corrected chi connectivity index (χ2v) is 9.96. The molecule has 1 saturated carbocycles. The van der Waals surface area contributed by atoms with E-state index >= 15 is 0 Å². The summed E-state index contributed by atoms with van der Waals surface area (Å²) in [5, 5.41) is 3.59. The lowest BCUT2D eigenvalue weighted by molar-refractivity contribution is 0.275. The summed E-state index contributed by atoms with van der Waals surface area (Å²) in [5.41, 5.74) is 0.433. The highest BCUT2D eigenvalue weighted by molar-refractivity contribution is 7.91. The van der Waals surface area contributed by atoms with Crippen molar-refractivity contribution in [1.29, 1.82) is 0 Å². The van der Waals surface area contributed by atoms with Crippen molar-refractivity contribution in [3.05, 3.63) is 0 Å². The van der Waals surface area contributed by atoms with Crippen LogP contribution in [0.1, 0.15) is 52.4 Å². The van der Waals surface area contributed by atoms with Crippen LogP contribution in [0.3, 0.4) is 0 Å². The van der Waals surface area contributed by atoms with Crippen molar-refractivity contribution in [2.75, 3.05) is 31.1 Å². The summed E-state index contributed by atoms with van der Waals surface area (Å²) in [6, 6.07) is 0.583. The van der Waals surface area contributed by atoms with Crippen LogP contribution in [-0.2, 0) is 9.84 Å². The molecule has 1 unspecified atom stereocenters. The Kier molecular flexibility index (Phi) is 4.90. The van der Waals surface area contributed by atoms with E-state index in [-0.39, 0.29) is 5.92 Å². The van der Waals surface area contributed by atoms with E-state index in [1.165, 1.54) is 32.1 Å². The molecule has 1 N–H and O–H groups in total. The second-order valence-electron chi connectivity index (χ2n) is 7.73. The Morgan fingerprint density at radius 3 is 2.52 bits per heavy atom. The average Bonchev–Trinajstić information content (AvgIpc) is 3.13. The number of sulfone groups is 1. The molecular weight excluding hydrogens is 310 g/mol. The fourth-order valence-corrected chi connectivity index (χ4v) is 5.67. The third kappa shape index (κ3) is 4.20. The summed E-state index contributed by atoms with van der Waals surface area (Å²) in [4.78, 5) is 7.25. The third-order valence-electron chi connectivity index (χ3n) is 5.97. The Balaban J connectivity index is 1.64. The molecular formula is C17H31N3O2S. The Bertz CT molecular complexity index is 550. The van der Waals surface area contributed by atoms with Crippen LogP contribution in [0.4, 0.5) is 0 Å². The number of nitrogens with one attached hydrogen (secondary N) is 1. The number of aliphatic imine (C=N–C) groups is 1. The van der Waals surface area contributed by atoms with Gasteiger partial charge in [0.15, 0.2) is 15.8 Å². The van der Waals surface area contributed by atoms with Crippen molar-refractivity contribution in [1.82, 2.24) is 10.2 Å². The van der Waals surface area contributed by atoms with Crippen molar-refractivity contribution in [2.24, 2.45) is 16.3 Å². The highest BCUT2D eigenvalue weighted by atomic mass is 32.2. The molecule has 23 heavy (non-hydrogen) atoms. The van der Waals surface area contributed by atoms with Crippen LogP contribution in [0, 0.1) is 11.3 Å². The fourth-order valence-electron chi connectivity index (χ4n) is 3.82. The van der Waals surface area contributed by atoms with Crippen molar-refractivity contribution < 1.29 is 8.42 Å². The molecule has 0 aromatic heterocycles. The molecule has 3 fully saturated rings. The van der Waals surface area contributed by atoms with E-state index < -0.39 is 9.84 Å². The normalized spacial score (nSPS) is 29.9. The van der Waals surface area contributed by atoms with E-state index in [4.69, 9.17) is 4.99 Å². The Labute approximate surface area is 140 Å². The number of hydrogen-bond acceptors (Lipinski definition) is 3. The van der Waals surface area contributed by atoms with Gasteiger partial charge in [0.2, 0.25) is 0 Å². The quantitative estimate of drug-likeness (QED) is 0.614. The van der Waals surface area contributed by atoms with E-state index in [1.54, 1.807) is 0 Å².